The van der Waals surface area contributed by atoms with Crippen molar-refractivity contribution >= 4 is 0 Å². The highest BCUT2D eigenvalue weighted by atomic mass is 16.5. The Hall–Kier alpha value is -0.900. The lowest BCUT2D eigenvalue weighted by atomic mass is 10.1. The smallest absolute Gasteiger partial charge is 0.0588 e. The first-order chi connectivity index (χ1) is 8.38. The lowest BCUT2D eigenvalue weighted by molar-refractivity contribution is 0.107. The highest BCUT2D eigenvalue weighted by molar-refractivity contribution is 5.14. The molecule has 1 saturated heterocycles. The number of hydrogen-bond donors (Lipinski definition) is 1. The predicted molar refractivity (Wildman–Crippen MR) is 69.7 cm³/mol. The van der Waals surface area contributed by atoms with Crippen molar-refractivity contribution in [2.75, 3.05) is 32.8 Å². The van der Waals surface area contributed by atoms with E-state index in [1.165, 1.54) is 18.5 Å². The van der Waals surface area contributed by atoms with Crippen molar-refractivity contribution in [2.24, 2.45) is 11.7 Å². The summed E-state index contributed by atoms with van der Waals surface area (Å²) in [6, 6.07) is 10.7. The molecule has 1 aromatic rings. The summed E-state index contributed by atoms with van der Waals surface area (Å²) in [5.41, 5.74) is 6.81. The Balaban J connectivity index is 1.71. The van der Waals surface area contributed by atoms with Crippen LogP contribution in [0.2, 0.25) is 0 Å². The molecule has 0 amide bonds. The summed E-state index contributed by atoms with van der Waals surface area (Å²) in [5.74, 6) is 0.685. The van der Waals surface area contributed by atoms with E-state index < -0.39 is 0 Å². The summed E-state index contributed by atoms with van der Waals surface area (Å²) in [4.78, 5) is 2.51. The van der Waals surface area contributed by atoms with Crippen molar-refractivity contribution < 1.29 is 4.74 Å². The van der Waals surface area contributed by atoms with Gasteiger partial charge in [0.2, 0.25) is 0 Å². The lowest BCUT2D eigenvalue weighted by Gasteiger charge is -2.16. The van der Waals surface area contributed by atoms with Crippen molar-refractivity contribution in [1.29, 1.82) is 0 Å². The molecule has 0 spiro atoms. The van der Waals surface area contributed by atoms with Gasteiger partial charge in [0.1, 0.15) is 0 Å². The van der Waals surface area contributed by atoms with Gasteiger partial charge in [-0.3, -0.25) is 4.90 Å². The molecular formula is C14H22N2O. The Morgan fingerprint density at radius 2 is 2.12 bits per heavy atom. The van der Waals surface area contributed by atoms with E-state index in [-0.39, 0.29) is 0 Å². The minimum Gasteiger partial charge on any atom is -0.380 e. The second kappa shape index (κ2) is 6.74. The predicted octanol–water partition coefficient (Wildman–Crippen LogP) is 1.48. The minimum atomic E-state index is 0.625. The molecule has 3 heteroatoms. The van der Waals surface area contributed by atoms with Gasteiger partial charge in [-0.2, -0.15) is 0 Å². The third kappa shape index (κ3) is 4.11. The average molecular weight is 234 g/mol. The first kappa shape index (κ1) is 12.6. The number of ether oxygens (including phenoxy) is 1. The molecule has 17 heavy (non-hydrogen) atoms. The highest BCUT2D eigenvalue weighted by Crippen LogP contribution is 2.18. The molecule has 0 radical (unpaired) electrons. The third-order valence-corrected chi connectivity index (χ3v) is 3.23. The second-order valence-electron chi connectivity index (χ2n) is 4.74. The van der Waals surface area contributed by atoms with Gasteiger partial charge >= 0.3 is 0 Å². The topological polar surface area (TPSA) is 38.5 Å². The summed E-state index contributed by atoms with van der Waals surface area (Å²) in [7, 11) is 0. The van der Waals surface area contributed by atoms with Gasteiger partial charge in [0.15, 0.2) is 0 Å². The van der Waals surface area contributed by atoms with E-state index in [0.717, 1.165) is 19.7 Å². The molecule has 94 valence electrons. The normalized spacial score (nSPS) is 20.9. The summed E-state index contributed by atoms with van der Waals surface area (Å²) >= 11 is 0. The van der Waals surface area contributed by atoms with Crippen LogP contribution in [0.1, 0.15) is 12.0 Å². The first-order valence-corrected chi connectivity index (χ1v) is 6.42. The van der Waals surface area contributed by atoms with Crippen LogP contribution in [0.15, 0.2) is 30.3 Å². The summed E-state index contributed by atoms with van der Waals surface area (Å²) < 4.78 is 5.51. The van der Waals surface area contributed by atoms with Crippen molar-refractivity contribution in [1.82, 2.24) is 4.90 Å². The van der Waals surface area contributed by atoms with Crippen molar-refractivity contribution in [3.63, 3.8) is 0 Å². The molecule has 2 rings (SSSR count). The zero-order valence-electron chi connectivity index (χ0n) is 10.3. The van der Waals surface area contributed by atoms with E-state index in [9.17, 15) is 0 Å². The van der Waals surface area contributed by atoms with Crippen LogP contribution in [0.5, 0.6) is 0 Å². The van der Waals surface area contributed by atoms with E-state index in [4.69, 9.17) is 10.5 Å². The molecule has 0 saturated carbocycles. The molecular weight excluding hydrogens is 212 g/mol. The van der Waals surface area contributed by atoms with Crippen LogP contribution < -0.4 is 5.73 Å². The lowest BCUT2D eigenvalue weighted by Crippen LogP contribution is -2.22. The average Bonchev–Trinajstić information content (AvgIpc) is 2.79. The molecule has 2 N–H and O–H groups in total. The molecule has 0 aromatic heterocycles. The standard InChI is InChI=1S/C14H22N2O/c15-7-9-17-12-14-6-8-16(11-14)10-13-4-2-1-3-5-13/h1-5,14H,6-12,15H2/t14-/m0/s1. The van der Waals surface area contributed by atoms with Crippen LogP contribution >= 0.6 is 0 Å². The molecule has 1 heterocycles. The monoisotopic (exact) mass is 234 g/mol. The zero-order valence-corrected chi connectivity index (χ0v) is 10.3. The first-order valence-electron chi connectivity index (χ1n) is 6.42. The molecule has 1 atom stereocenters. The van der Waals surface area contributed by atoms with E-state index in [1.54, 1.807) is 0 Å². The Morgan fingerprint density at radius 1 is 1.29 bits per heavy atom. The van der Waals surface area contributed by atoms with E-state index in [2.05, 4.69) is 35.2 Å². The fourth-order valence-electron chi connectivity index (χ4n) is 2.37. The van der Waals surface area contributed by atoms with Crippen molar-refractivity contribution in [3.05, 3.63) is 35.9 Å². The van der Waals surface area contributed by atoms with E-state index >= 15 is 0 Å². The maximum Gasteiger partial charge on any atom is 0.0588 e. The minimum absolute atomic E-state index is 0.625. The van der Waals surface area contributed by atoms with Gasteiger partial charge in [0.05, 0.1) is 13.2 Å². The largest absolute Gasteiger partial charge is 0.380 e. The number of likely N-dealkylation sites (tertiary alicyclic amines) is 1. The van der Waals surface area contributed by atoms with Gasteiger partial charge < -0.3 is 10.5 Å². The van der Waals surface area contributed by atoms with E-state index in [1.807, 2.05) is 0 Å². The Kier molecular flexibility index (Phi) is 4.98. The number of hydrogen-bond acceptors (Lipinski definition) is 3. The molecule has 0 unspecified atom stereocenters. The maximum atomic E-state index is 5.51. The van der Waals surface area contributed by atoms with Gasteiger partial charge in [0, 0.05) is 19.6 Å². The SMILES string of the molecule is NCCOC[C@H]1CCN(Cc2ccccc2)C1. The summed E-state index contributed by atoms with van der Waals surface area (Å²) in [6.07, 6.45) is 1.25. The van der Waals surface area contributed by atoms with Crippen LogP contribution in [-0.4, -0.2) is 37.7 Å². The molecule has 1 aromatic carbocycles. The number of benzene rings is 1. The van der Waals surface area contributed by atoms with Crippen LogP contribution in [-0.2, 0) is 11.3 Å². The number of rotatable bonds is 6. The van der Waals surface area contributed by atoms with Gasteiger partial charge in [-0.25, -0.2) is 0 Å². The van der Waals surface area contributed by atoms with Crippen LogP contribution in [0, 0.1) is 5.92 Å². The Morgan fingerprint density at radius 3 is 2.88 bits per heavy atom. The third-order valence-electron chi connectivity index (χ3n) is 3.23. The summed E-state index contributed by atoms with van der Waals surface area (Å²) in [6.45, 7) is 5.58. The zero-order chi connectivity index (χ0) is 11.9. The van der Waals surface area contributed by atoms with Gasteiger partial charge in [-0.15, -0.1) is 0 Å². The molecule has 1 fully saturated rings. The van der Waals surface area contributed by atoms with Crippen LogP contribution in [0.4, 0.5) is 0 Å². The maximum absolute atomic E-state index is 5.51. The van der Waals surface area contributed by atoms with Crippen LogP contribution in [0.25, 0.3) is 0 Å². The fraction of sp³-hybridized carbons (Fsp3) is 0.571. The summed E-state index contributed by atoms with van der Waals surface area (Å²) in [5, 5.41) is 0. The Labute approximate surface area is 104 Å². The van der Waals surface area contributed by atoms with Gasteiger partial charge in [-0.05, 0) is 24.4 Å². The number of nitrogens with zero attached hydrogens (tertiary/aromatic N) is 1. The van der Waals surface area contributed by atoms with E-state index in [0.29, 0.717) is 19.1 Å². The van der Waals surface area contributed by atoms with Crippen molar-refractivity contribution in [3.8, 4) is 0 Å². The molecule has 0 aliphatic carbocycles. The molecule has 3 nitrogen and oxygen atoms in total. The van der Waals surface area contributed by atoms with Gasteiger partial charge in [0.25, 0.3) is 0 Å². The van der Waals surface area contributed by atoms with Crippen LogP contribution in [0.3, 0.4) is 0 Å². The highest BCUT2D eigenvalue weighted by Gasteiger charge is 2.22. The second-order valence-corrected chi connectivity index (χ2v) is 4.74. The van der Waals surface area contributed by atoms with Crippen molar-refractivity contribution in [2.45, 2.75) is 13.0 Å². The van der Waals surface area contributed by atoms with Gasteiger partial charge in [-0.1, -0.05) is 30.3 Å². The molecule has 0 bridgehead atoms. The molecule has 1 aliphatic rings. The Bertz CT molecular complexity index is 315. The molecule has 1 aliphatic heterocycles. The quantitative estimate of drug-likeness (QED) is 0.758. The number of nitrogens with two attached hydrogens (primary N) is 1. The fourth-order valence-corrected chi connectivity index (χ4v) is 2.37.